The highest BCUT2D eigenvalue weighted by molar-refractivity contribution is 7.88. The van der Waals surface area contributed by atoms with Gasteiger partial charge in [0.05, 0.1) is 6.26 Å². The van der Waals surface area contributed by atoms with Crippen LogP contribution in [-0.4, -0.2) is 40.7 Å². The number of nitrogens with one attached hydrogen (secondary N) is 1. The van der Waals surface area contributed by atoms with Gasteiger partial charge in [-0.25, -0.2) is 18.1 Å². The molecule has 0 bridgehead atoms. The van der Waals surface area contributed by atoms with Crippen LogP contribution >= 0.6 is 0 Å². The summed E-state index contributed by atoms with van der Waals surface area (Å²) in [6.45, 7) is 2.78. The molecule has 30 heavy (non-hydrogen) atoms. The van der Waals surface area contributed by atoms with Crippen LogP contribution in [0.2, 0.25) is 0 Å². The zero-order chi connectivity index (χ0) is 21.5. The zero-order valence-corrected chi connectivity index (χ0v) is 17.9. The molecule has 0 spiro atoms. The van der Waals surface area contributed by atoms with Crippen LogP contribution in [0.15, 0.2) is 12.1 Å². The monoisotopic (exact) mass is 432 g/mol. The number of imidazole rings is 1. The highest BCUT2D eigenvalue weighted by Crippen LogP contribution is 2.28. The van der Waals surface area contributed by atoms with Crippen molar-refractivity contribution in [3.8, 4) is 0 Å². The summed E-state index contributed by atoms with van der Waals surface area (Å²) in [5.41, 5.74) is 11.7. The van der Waals surface area contributed by atoms with Crippen molar-refractivity contribution >= 4 is 27.0 Å². The maximum absolute atomic E-state index is 13.8. The number of fused-ring (bicyclic) bond motifs is 2. The first-order valence-corrected chi connectivity index (χ1v) is 11.8. The van der Waals surface area contributed by atoms with E-state index in [0.29, 0.717) is 36.4 Å². The molecule has 3 aromatic rings. The van der Waals surface area contributed by atoms with Crippen LogP contribution in [-0.2, 0) is 35.8 Å². The molecular weight excluding hydrogens is 407 g/mol. The van der Waals surface area contributed by atoms with E-state index >= 15 is 0 Å². The van der Waals surface area contributed by atoms with E-state index in [0.717, 1.165) is 24.7 Å². The fourth-order valence-electron chi connectivity index (χ4n) is 4.06. The van der Waals surface area contributed by atoms with Crippen molar-refractivity contribution in [1.29, 1.82) is 0 Å². The minimum Gasteiger partial charge on any atom is -0.382 e. The van der Waals surface area contributed by atoms with Gasteiger partial charge in [0.1, 0.15) is 5.82 Å². The van der Waals surface area contributed by atoms with Gasteiger partial charge >= 0.3 is 6.08 Å². The van der Waals surface area contributed by atoms with Crippen LogP contribution in [0.25, 0.3) is 11.2 Å². The number of hydrogen-bond acceptors (Lipinski definition) is 6. The van der Waals surface area contributed by atoms with Crippen molar-refractivity contribution in [2.24, 2.45) is 0 Å². The van der Waals surface area contributed by atoms with E-state index in [-0.39, 0.29) is 12.4 Å². The number of sulfonamides is 1. The van der Waals surface area contributed by atoms with Gasteiger partial charge < -0.3 is 10.3 Å². The van der Waals surface area contributed by atoms with Gasteiger partial charge in [0.15, 0.2) is 17.0 Å². The summed E-state index contributed by atoms with van der Waals surface area (Å²) in [5.74, 6) is 0.703. The summed E-state index contributed by atoms with van der Waals surface area (Å²) in [5, 5.41) is 0. The molecule has 160 valence electrons. The van der Waals surface area contributed by atoms with Crippen LogP contribution < -0.4 is 10.5 Å². The first kappa shape index (κ1) is 20.7. The maximum atomic E-state index is 13.8. The van der Waals surface area contributed by atoms with Gasteiger partial charge in [-0.15, -0.1) is 0 Å². The SMILES string of the molecule is Cc1cc2c(cc1Cc1nc3c(N)nc(F)nc3n1CCCNS(C)(=O)=O)CCC2. The Hall–Kier alpha value is -2.59. The molecule has 0 saturated heterocycles. The van der Waals surface area contributed by atoms with Crippen LogP contribution in [0.5, 0.6) is 0 Å². The Kier molecular flexibility index (Phi) is 5.46. The molecule has 4 rings (SSSR count). The van der Waals surface area contributed by atoms with Crippen molar-refractivity contribution < 1.29 is 12.8 Å². The lowest BCUT2D eigenvalue weighted by Crippen LogP contribution is -2.24. The Morgan fingerprint density at radius 3 is 2.67 bits per heavy atom. The third-order valence-corrected chi connectivity index (χ3v) is 6.22. The van der Waals surface area contributed by atoms with Crippen molar-refractivity contribution in [2.45, 2.75) is 45.6 Å². The smallest absolute Gasteiger partial charge is 0.312 e. The number of anilines is 1. The van der Waals surface area contributed by atoms with Crippen molar-refractivity contribution in [3.05, 3.63) is 46.3 Å². The fraction of sp³-hybridized carbons (Fsp3) is 0.450. The Balaban J connectivity index is 1.69. The second kappa shape index (κ2) is 7.92. The lowest BCUT2D eigenvalue weighted by molar-refractivity contribution is 0.540. The number of aromatic nitrogens is 4. The fourth-order valence-corrected chi connectivity index (χ4v) is 4.58. The number of aryl methyl sites for hydroxylation is 4. The largest absolute Gasteiger partial charge is 0.382 e. The Labute approximate surface area is 174 Å². The molecule has 0 unspecified atom stereocenters. The number of nitrogen functional groups attached to an aromatic ring is 1. The average molecular weight is 433 g/mol. The summed E-state index contributed by atoms with van der Waals surface area (Å²) in [6, 6.07) is 4.48. The van der Waals surface area contributed by atoms with Gasteiger partial charge in [0.2, 0.25) is 10.0 Å². The molecule has 1 aromatic carbocycles. The molecule has 0 atom stereocenters. The van der Waals surface area contributed by atoms with E-state index in [1.165, 1.54) is 23.1 Å². The predicted octanol–water partition coefficient (Wildman–Crippen LogP) is 1.87. The van der Waals surface area contributed by atoms with Gasteiger partial charge in [0, 0.05) is 19.5 Å². The van der Waals surface area contributed by atoms with Crippen LogP contribution in [0.1, 0.15) is 40.9 Å². The van der Waals surface area contributed by atoms with Crippen molar-refractivity contribution in [3.63, 3.8) is 0 Å². The third-order valence-electron chi connectivity index (χ3n) is 5.50. The van der Waals surface area contributed by atoms with E-state index in [1.807, 2.05) is 4.57 Å². The summed E-state index contributed by atoms with van der Waals surface area (Å²) in [7, 11) is -3.27. The van der Waals surface area contributed by atoms with Gasteiger partial charge in [-0.2, -0.15) is 14.4 Å². The molecule has 0 saturated carbocycles. The molecule has 2 aromatic heterocycles. The van der Waals surface area contributed by atoms with Gasteiger partial charge in [0.25, 0.3) is 0 Å². The number of nitrogens with zero attached hydrogens (tertiary/aromatic N) is 4. The predicted molar refractivity (Wildman–Crippen MR) is 113 cm³/mol. The van der Waals surface area contributed by atoms with Gasteiger partial charge in [-0.1, -0.05) is 12.1 Å². The molecule has 10 heteroatoms. The zero-order valence-electron chi connectivity index (χ0n) is 17.1. The van der Waals surface area contributed by atoms with E-state index in [1.54, 1.807) is 0 Å². The number of nitrogens with two attached hydrogens (primary N) is 1. The highest BCUT2D eigenvalue weighted by Gasteiger charge is 2.19. The topological polar surface area (TPSA) is 116 Å². The average Bonchev–Trinajstić information content (AvgIpc) is 3.23. The number of rotatable bonds is 7. The second-order valence-corrected chi connectivity index (χ2v) is 9.66. The normalized spacial score (nSPS) is 13.8. The number of halogens is 1. The van der Waals surface area contributed by atoms with Crippen LogP contribution in [0.3, 0.4) is 0 Å². The summed E-state index contributed by atoms with van der Waals surface area (Å²) in [4.78, 5) is 12.1. The van der Waals surface area contributed by atoms with E-state index in [4.69, 9.17) is 5.73 Å². The first-order chi connectivity index (χ1) is 14.2. The minimum atomic E-state index is -3.27. The molecule has 1 aliphatic rings. The lowest BCUT2D eigenvalue weighted by Gasteiger charge is -2.12. The summed E-state index contributed by atoms with van der Waals surface area (Å²) >= 11 is 0. The minimum absolute atomic E-state index is 0.00237. The van der Waals surface area contributed by atoms with Gasteiger partial charge in [-0.3, -0.25) is 0 Å². The van der Waals surface area contributed by atoms with Crippen molar-refractivity contribution in [1.82, 2.24) is 24.2 Å². The molecule has 3 N–H and O–H groups in total. The Bertz CT molecular complexity index is 1220. The quantitative estimate of drug-likeness (QED) is 0.435. The van der Waals surface area contributed by atoms with E-state index in [9.17, 15) is 12.8 Å². The van der Waals surface area contributed by atoms with E-state index in [2.05, 4.69) is 38.7 Å². The first-order valence-electron chi connectivity index (χ1n) is 9.95. The standard InChI is InChI=1S/C20H25FN6O2S/c1-12-9-13-5-3-6-14(13)10-15(12)11-16-24-17-18(22)25-20(21)26-19(17)27(16)8-4-7-23-30(2,28)29/h9-10,23H,3-8,11H2,1-2H3,(H2,22,25,26). The summed E-state index contributed by atoms with van der Waals surface area (Å²) < 4.78 is 40.8. The highest BCUT2D eigenvalue weighted by atomic mass is 32.2. The lowest BCUT2D eigenvalue weighted by atomic mass is 9.98. The Morgan fingerprint density at radius 2 is 1.93 bits per heavy atom. The number of benzene rings is 1. The van der Waals surface area contributed by atoms with E-state index < -0.39 is 16.1 Å². The number of hydrogen-bond donors (Lipinski definition) is 2. The molecule has 0 amide bonds. The van der Waals surface area contributed by atoms with Crippen molar-refractivity contribution in [2.75, 3.05) is 18.5 Å². The van der Waals surface area contributed by atoms with Crippen LogP contribution in [0.4, 0.5) is 10.2 Å². The van der Waals surface area contributed by atoms with Crippen LogP contribution in [0, 0.1) is 13.0 Å². The molecule has 8 nitrogen and oxygen atoms in total. The molecule has 1 aliphatic carbocycles. The Morgan fingerprint density at radius 1 is 1.20 bits per heavy atom. The molecule has 0 fully saturated rings. The third kappa shape index (κ3) is 4.29. The van der Waals surface area contributed by atoms with Gasteiger partial charge in [-0.05, 0) is 54.9 Å². The maximum Gasteiger partial charge on any atom is 0.312 e. The second-order valence-electron chi connectivity index (χ2n) is 7.83. The summed E-state index contributed by atoms with van der Waals surface area (Å²) in [6.07, 6.45) is 4.64. The molecular formula is C20H25FN6O2S. The molecule has 0 radical (unpaired) electrons. The molecule has 2 heterocycles. The molecule has 0 aliphatic heterocycles.